The van der Waals surface area contributed by atoms with Crippen LogP contribution in [0.4, 0.5) is 22.7 Å². The zero-order valence-corrected chi connectivity index (χ0v) is 26.3. The zero-order valence-electron chi connectivity index (χ0n) is 26.3. The van der Waals surface area contributed by atoms with E-state index in [4.69, 9.17) is 0 Å². The highest BCUT2D eigenvalue weighted by Gasteiger charge is 2.53. The van der Waals surface area contributed by atoms with Crippen molar-refractivity contribution >= 4 is 51.2 Å². The Labute approximate surface area is 276 Å². The first kappa shape index (κ1) is 31.2. The number of carbonyl (C=O) groups is 3. The van der Waals surface area contributed by atoms with Gasteiger partial charge >= 0.3 is 0 Å². The average Bonchev–Trinajstić information content (AvgIpc) is 3.75. The van der Waals surface area contributed by atoms with Gasteiger partial charge < -0.3 is 20.0 Å². The molecule has 48 heavy (non-hydrogen) atoms. The van der Waals surface area contributed by atoms with Gasteiger partial charge in [0.05, 0.1) is 41.1 Å². The SMILES string of the molecule is C[C@H](/C=C/CC(=O)N1CCC[C@H]1CO)[C@@]1(O)C(=O)N(Cc2cccc(N3C(=O)c4cccc5cccc3c45)c2)c2ccc([N+](=O)[O-])cc21. The second-order valence-electron chi connectivity index (χ2n) is 12.6. The number of benzene rings is 4. The van der Waals surface area contributed by atoms with Crippen LogP contribution in [0.2, 0.25) is 0 Å². The third kappa shape index (κ3) is 4.94. The first-order chi connectivity index (χ1) is 23.1. The van der Waals surface area contributed by atoms with Crippen molar-refractivity contribution in [1.82, 2.24) is 4.90 Å². The van der Waals surface area contributed by atoms with E-state index in [1.165, 1.54) is 23.1 Å². The maximum Gasteiger partial charge on any atom is 0.269 e. The van der Waals surface area contributed by atoms with E-state index in [1.807, 2.05) is 54.6 Å². The molecule has 3 heterocycles. The van der Waals surface area contributed by atoms with Crippen molar-refractivity contribution in [2.24, 2.45) is 5.92 Å². The summed E-state index contributed by atoms with van der Waals surface area (Å²) in [5.74, 6) is -1.81. The minimum Gasteiger partial charge on any atom is -0.394 e. The fraction of sp³-hybridized carbons (Fsp3) is 0.270. The van der Waals surface area contributed by atoms with Crippen molar-refractivity contribution in [3.63, 3.8) is 0 Å². The van der Waals surface area contributed by atoms with Crippen LogP contribution in [-0.2, 0) is 21.7 Å². The van der Waals surface area contributed by atoms with Gasteiger partial charge in [-0.3, -0.25) is 29.4 Å². The van der Waals surface area contributed by atoms with Gasteiger partial charge in [0.2, 0.25) is 5.91 Å². The summed E-state index contributed by atoms with van der Waals surface area (Å²) in [5, 5.41) is 35.2. The second-order valence-corrected chi connectivity index (χ2v) is 12.6. The Hall–Kier alpha value is -5.39. The molecule has 0 unspecified atom stereocenters. The van der Waals surface area contributed by atoms with Crippen LogP contribution in [0.5, 0.6) is 0 Å². The molecule has 0 saturated carbocycles. The van der Waals surface area contributed by atoms with E-state index in [9.17, 15) is 34.7 Å². The summed E-state index contributed by atoms with van der Waals surface area (Å²) in [7, 11) is 0. The molecule has 11 nitrogen and oxygen atoms in total. The molecule has 4 aromatic carbocycles. The fourth-order valence-corrected chi connectivity index (χ4v) is 7.34. The lowest BCUT2D eigenvalue weighted by atomic mass is 9.82. The molecule has 0 spiro atoms. The van der Waals surface area contributed by atoms with E-state index < -0.39 is 22.3 Å². The summed E-state index contributed by atoms with van der Waals surface area (Å²) in [4.78, 5) is 56.4. The van der Waals surface area contributed by atoms with E-state index in [2.05, 4.69) is 0 Å². The number of amides is 3. The van der Waals surface area contributed by atoms with Crippen LogP contribution in [0.1, 0.15) is 47.7 Å². The molecule has 0 aromatic heterocycles. The highest BCUT2D eigenvalue weighted by atomic mass is 16.6. The van der Waals surface area contributed by atoms with Gasteiger partial charge in [-0.2, -0.15) is 0 Å². The molecule has 3 atom stereocenters. The number of carbonyl (C=O) groups excluding carboxylic acids is 3. The van der Waals surface area contributed by atoms with Gasteiger partial charge in [0, 0.05) is 47.7 Å². The predicted octanol–water partition coefficient (Wildman–Crippen LogP) is 5.34. The van der Waals surface area contributed by atoms with E-state index in [-0.39, 0.29) is 48.7 Å². The molecule has 0 radical (unpaired) electrons. The summed E-state index contributed by atoms with van der Waals surface area (Å²) < 4.78 is 0. The minimum atomic E-state index is -2.14. The van der Waals surface area contributed by atoms with Crippen LogP contribution in [0.3, 0.4) is 0 Å². The Kier molecular flexibility index (Phi) is 7.81. The Morgan fingerprint density at radius 1 is 1.06 bits per heavy atom. The lowest BCUT2D eigenvalue weighted by molar-refractivity contribution is -0.385. The van der Waals surface area contributed by atoms with Crippen molar-refractivity contribution in [2.45, 2.75) is 44.4 Å². The van der Waals surface area contributed by atoms with Crippen molar-refractivity contribution in [3.05, 3.63) is 118 Å². The predicted molar refractivity (Wildman–Crippen MR) is 180 cm³/mol. The summed E-state index contributed by atoms with van der Waals surface area (Å²) in [5.41, 5.74) is 0.733. The molecule has 3 amide bonds. The molecule has 7 rings (SSSR count). The Balaban J connectivity index is 1.18. The molecule has 11 heteroatoms. The number of nitro groups is 1. The van der Waals surface area contributed by atoms with Gasteiger partial charge in [-0.1, -0.05) is 55.5 Å². The van der Waals surface area contributed by atoms with Crippen molar-refractivity contribution in [1.29, 1.82) is 0 Å². The monoisotopic (exact) mass is 646 g/mol. The number of fused-ring (bicyclic) bond motifs is 1. The zero-order chi connectivity index (χ0) is 33.7. The van der Waals surface area contributed by atoms with Gasteiger partial charge in [0.1, 0.15) is 0 Å². The highest BCUT2D eigenvalue weighted by Crippen LogP contribution is 2.47. The fourth-order valence-electron chi connectivity index (χ4n) is 7.34. The van der Waals surface area contributed by atoms with Crippen LogP contribution in [0, 0.1) is 16.0 Å². The quantitative estimate of drug-likeness (QED) is 0.142. The van der Waals surface area contributed by atoms with Gasteiger partial charge in [-0.05, 0) is 54.1 Å². The highest BCUT2D eigenvalue weighted by molar-refractivity contribution is 6.27. The first-order valence-corrected chi connectivity index (χ1v) is 16.0. The molecule has 3 aliphatic heterocycles. The number of aliphatic hydroxyl groups is 2. The smallest absolute Gasteiger partial charge is 0.269 e. The molecule has 0 aliphatic carbocycles. The summed E-state index contributed by atoms with van der Waals surface area (Å²) in [6.07, 6.45) is 4.76. The molecular formula is C37H34N4O7. The molecule has 0 bridgehead atoms. The van der Waals surface area contributed by atoms with Crippen LogP contribution in [0.15, 0.2) is 91.0 Å². The summed E-state index contributed by atoms with van der Waals surface area (Å²) in [6, 6.07) is 22.5. The third-order valence-corrected chi connectivity index (χ3v) is 9.81. The lowest BCUT2D eigenvalue weighted by Gasteiger charge is -2.28. The molecular weight excluding hydrogens is 612 g/mol. The molecule has 244 valence electrons. The van der Waals surface area contributed by atoms with Crippen LogP contribution in [-0.4, -0.2) is 57.0 Å². The Morgan fingerprint density at radius 3 is 2.60 bits per heavy atom. The van der Waals surface area contributed by atoms with Gasteiger partial charge in [-0.15, -0.1) is 0 Å². The number of nitro benzene ring substituents is 1. The molecule has 2 N–H and O–H groups in total. The Bertz CT molecular complexity index is 2020. The van der Waals surface area contributed by atoms with E-state index >= 15 is 0 Å². The third-order valence-electron chi connectivity index (χ3n) is 9.81. The number of rotatable bonds is 9. The van der Waals surface area contributed by atoms with E-state index in [0.29, 0.717) is 29.0 Å². The summed E-state index contributed by atoms with van der Waals surface area (Å²) >= 11 is 0. The van der Waals surface area contributed by atoms with Crippen molar-refractivity contribution < 1.29 is 29.5 Å². The van der Waals surface area contributed by atoms with Gasteiger partial charge in [-0.25, -0.2) is 0 Å². The number of hydrogen-bond acceptors (Lipinski definition) is 7. The van der Waals surface area contributed by atoms with E-state index in [0.717, 1.165) is 29.3 Å². The Morgan fingerprint density at radius 2 is 1.83 bits per heavy atom. The van der Waals surface area contributed by atoms with E-state index in [1.54, 1.807) is 34.9 Å². The van der Waals surface area contributed by atoms with Crippen LogP contribution >= 0.6 is 0 Å². The molecule has 1 fully saturated rings. The topological polar surface area (TPSA) is 145 Å². The first-order valence-electron chi connectivity index (χ1n) is 16.0. The lowest BCUT2D eigenvalue weighted by Crippen LogP contribution is -2.44. The van der Waals surface area contributed by atoms with Crippen molar-refractivity contribution in [2.75, 3.05) is 23.0 Å². The number of likely N-dealkylation sites (tertiary alicyclic amines) is 1. The number of hydrogen-bond donors (Lipinski definition) is 2. The van der Waals surface area contributed by atoms with Gasteiger partial charge in [0.25, 0.3) is 17.5 Å². The average molecular weight is 647 g/mol. The number of non-ortho nitro benzene ring substituents is 1. The minimum absolute atomic E-state index is 0.0240. The number of anilines is 3. The maximum atomic E-state index is 14.2. The second kappa shape index (κ2) is 12.0. The number of nitrogens with zero attached hydrogens (tertiary/aromatic N) is 4. The standard InChI is InChI=1S/C37H34N4O7/c1-23(7-2-15-33(43)38-18-6-12-28(38)22-42)37(46)30-20-27(41(47)48)16-17-31(30)39(36(37)45)21-24-8-3-11-26(19-24)40-32-14-5-10-25-9-4-13-29(34(25)32)35(40)44/h2-5,7-11,13-14,16-17,19-20,23,28,42,46H,6,12,15,18,21-22H2,1H3/b7-2+/t23-,28+,37+/m1/s1. The molecule has 1 saturated heterocycles. The van der Waals surface area contributed by atoms with Crippen LogP contribution in [0.25, 0.3) is 10.8 Å². The maximum absolute atomic E-state index is 14.2. The van der Waals surface area contributed by atoms with Crippen molar-refractivity contribution in [3.8, 4) is 0 Å². The molecule has 4 aromatic rings. The normalized spacial score (nSPS) is 20.7. The largest absolute Gasteiger partial charge is 0.394 e. The summed E-state index contributed by atoms with van der Waals surface area (Å²) in [6.45, 7) is 2.13. The van der Waals surface area contributed by atoms with Crippen LogP contribution < -0.4 is 9.80 Å². The number of aliphatic hydroxyl groups excluding tert-OH is 1. The molecule has 3 aliphatic rings. The van der Waals surface area contributed by atoms with Gasteiger partial charge in [0.15, 0.2) is 5.60 Å².